The summed E-state index contributed by atoms with van der Waals surface area (Å²) >= 11 is 13.6. The van der Waals surface area contributed by atoms with E-state index in [9.17, 15) is 14.7 Å². The first-order chi connectivity index (χ1) is 20.3. The molecule has 0 bridgehead atoms. The Balaban J connectivity index is 1.36. The second kappa shape index (κ2) is 14.1. The summed E-state index contributed by atoms with van der Waals surface area (Å²) in [7, 11) is 0. The molecule has 0 radical (unpaired) electrons. The Morgan fingerprint density at radius 1 is 1.05 bits per heavy atom. The number of hydrogen-bond donors (Lipinski definition) is 3. The van der Waals surface area contributed by atoms with Crippen molar-refractivity contribution in [2.45, 2.75) is 61.3 Å². The summed E-state index contributed by atoms with van der Waals surface area (Å²) in [6.45, 7) is 1.38. The van der Waals surface area contributed by atoms with E-state index in [1.54, 1.807) is 29.2 Å². The molecule has 2 aliphatic heterocycles. The maximum atomic E-state index is 14.1. The van der Waals surface area contributed by atoms with Gasteiger partial charge in [0.2, 0.25) is 11.8 Å². The van der Waals surface area contributed by atoms with E-state index in [2.05, 4.69) is 22.3 Å². The zero-order valence-electron chi connectivity index (χ0n) is 23.3. The van der Waals surface area contributed by atoms with E-state index >= 15 is 0 Å². The van der Waals surface area contributed by atoms with Crippen LogP contribution in [-0.2, 0) is 22.6 Å². The minimum absolute atomic E-state index is 0.0577. The van der Waals surface area contributed by atoms with Crippen LogP contribution in [0.1, 0.15) is 30.4 Å². The molecule has 0 saturated carbocycles. The number of aromatic hydroxyl groups is 1. The second-order valence-corrected chi connectivity index (χ2v) is 12.8. The number of para-hydroxylation sites is 1. The molecule has 0 spiro atoms. The number of nitrogens with one attached hydrogen (secondary N) is 1. The van der Waals surface area contributed by atoms with E-state index in [1.807, 2.05) is 36.4 Å². The van der Waals surface area contributed by atoms with Crippen LogP contribution in [-0.4, -0.2) is 69.7 Å². The molecule has 2 saturated heterocycles. The molecule has 2 aliphatic rings. The Labute approximate surface area is 261 Å². The number of nitrogens with zero attached hydrogens (tertiary/aromatic N) is 2. The van der Waals surface area contributed by atoms with Crippen LogP contribution in [0.15, 0.2) is 77.7 Å². The van der Waals surface area contributed by atoms with Gasteiger partial charge in [0.1, 0.15) is 11.8 Å². The number of carbonyl (C=O) groups excluding carboxylic acids is 2. The summed E-state index contributed by atoms with van der Waals surface area (Å²) < 4.78 is 0. The standard InChI is InChI=1S/C32H36Cl2N4O3S/c33-25-13-11-22(16-26(25)34)18-36-31(40)28(20-42-30-9-5-4-8-29(30)39)37-15-14-24(12-10-21-6-2-1-3-7-21)38-19-23(35)17-27(38)32(37)41/h1-9,11,13,16,23-24,27-28,39H,10,12,14-15,17-20,35H2,(H,36,40)/t23-,24?,27+,28-/m1/s1. The molecule has 2 amide bonds. The molecule has 4 N–H and O–H groups in total. The molecule has 0 aliphatic carbocycles. The van der Waals surface area contributed by atoms with Crippen molar-refractivity contribution in [1.29, 1.82) is 0 Å². The van der Waals surface area contributed by atoms with Gasteiger partial charge in [-0.05, 0) is 61.1 Å². The number of thioether (sulfide) groups is 1. The maximum Gasteiger partial charge on any atom is 0.243 e. The average Bonchev–Trinajstić information content (AvgIpc) is 3.33. The first kappa shape index (κ1) is 30.7. The van der Waals surface area contributed by atoms with Crippen molar-refractivity contribution in [3.8, 4) is 5.75 Å². The molecule has 3 aromatic rings. The minimum Gasteiger partial charge on any atom is -0.507 e. The van der Waals surface area contributed by atoms with Gasteiger partial charge in [-0.1, -0.05) is 71.7 Å². The second-order valence-electron chi connectivity index (χ2n) is 11.0. The van der Waals surface area contributed by atoms with E-state index in [4.69, 9.17) is 28.9 Å². The molecule has 10 heteroatoms. The van der Waals surface area contributed by atoms with E-state index in [0.29, 0.717) is 40.2 Å². The van der Waals surface area contributed by atoms with Gasteiger partial charge in [-0.25, -0.2) is 0 Å². The monoisotopic (exact) mass is 626 g/mol. The molecule has 5 rings (SSSR count). The van der Waals surface area contributed by atoms with Crippen LogP contribution in [0.4, 0.5) is 0 Å². The van der Waals surface area contributed by atoms with Gasteiger partial charge in [-0.3, -0.25) is 14.5 Å². The number of phenols is 1. The Hall–Kier alpha value is -2.75. The normalized spacial score (nSPS) is 21.5. The highest BCUT2D eigenvalue weighted by Crippen LogP contribution is 2.33. The molecular formula is C32H36Cl2N4O3S. The molecule has 1 unspecified atom stereocenters. The molecule has 7 nitrogen and oxygen atoms in total. The average molecular weight is 628 g/mol. The largest absolute Gasteiger partial charge is 0.507 e. The van der Waals surface area contributed by atoms with Crippen LogP contribution in [0.5, 0.6) is 5.75 Å². The molecule has 2 heterocycles. The van der Waals surface area contributed by atoms with Crippen molar-refractivity contribution in [2.75, 3.05) is 18.8 Å². The van der Waals surface area contributed by atoms with Crippen LogP contribution < -0.4 is 11.1 Å². The Morgan fingerprint density at radius 2 is 1.81 bits per heavy atom. The molecule has 42 heavy (non-hydrogen) atoms. The molecule has 3 aromatic carbocycles. The number of nitrogens with two attached hydrogens (primary N) is 1. The number of halogens is 2. The van der Waals surface area contributed by atoms with Crippen LogP contribution in [0, 0.1) is 0 Å². The third-order valence-electron chi connectivity index (χ3n) is 8.11. The van der Waals surface area contributed by atoms with E-state index < -0.39 is 6.04 Å². The number of benzene rings is 3. The number of fused-ring (bicyclic) bond motifs is 1. The van der Waals surface area contributed by atoms with Gasteiger partial charge in [0.05, 0.1) is 16.1 Å². The van der Waals surface area contributed by atoms with Gasteiger partial charge >= 0.3 is 0 Å². The fraction of sp³-hybridized carbons (Fsp3) is 0.375. The summed E-state index contributed by atoms with van der Waals surface area (Å²) in [4.78, 5) is 32.6. The van der Waals surface area contributed by atoms with Crippen molar-refractivity contribution in [3.63, 3.8) is 0 Å². The van der Waals surface area contributed by atoms with Crippen LogP contribution >= 0.6 is 35.0 Å². The molecular weight excluding hydrogens is 591 g/mol. The number of amides is 2. The van der Waals surface area contributed by atoms with Crippen LogP contribution in [0.3, 0.4) is 0 Å². The zero-order chi connectivity index (χ0) is 29.6. The lowest BCUT2D eigenvalue weighted by Gasteiger charge is -2.32. The molecule has 4 atom stereocenters. The van der Waals surface area contributed by atoms with Crippen LogP contribution in [0.25, 0.3) is 0 Å². The Kier molecular flexibility index (Phi) is 10.3. The Bertz CT molecular complexity index is 1400. The topological polar surface area (TPSA) is 98.9 Å². The smallest absolute Gasteiger partial charge is 0.243 e. The SMILES string of the molecule is N[C@@H]1C[C@H]2C(=O)N([C@H](CSc3ccccc3O)C(=O)NCc3ccc(Cl)c(Cl)c3)CCC(CCc3ccccc3)N2C1. The van der Waals surface area contributed by atoms with Gasteiger partial charge in [0.25, 0.3) is 0 Å². The van der Waals surface area contributed by atoms with Gasteiger partial charge < -0.3 is 21.1 Å². The van der Waals surface area contributed by atoms with Crippen LogP contribution in [0.2, 0.25) is 10.0 Å². The zero-order valence-corrected chi connectivity index (χ0v) is 25.6. The fourth-order valence-corrected chi connectivity index (χ4v) is 7.29. The number of carbonyl (C=O) groups is 2. The third kappa shape index (κ3) is 7.41. The first-order valence-electron chi connectivity index (χ1n) is 14.3. The molecule has 0 aromatic heterocycles. The van der Waals surface area contributed by atoms with Crippen molar-refractivity contribution >= 4 is 46.8 Å². The van der Waals surface area contributed by atoms with Gasteiger partial charge in [-0.15, -0.1) is 11.8 Å². The number of aryl methyl sites for hydroxylation is 1. The predicted molar refractivity (Wildman–Crippen MR) is 169 cm³/mol. The van der Waals surface area contributed by atoms with Gasteiger partial charge in [0.15, 0.2) is 0 Å². The van der Waals surface area contributed by atoms with Gasteiger partial charge in [0, 0.05) is 42.4 Å². The summed E-state index contributed by atoms with van der Waals surface area (Å²) in [6, 6.07) is 21.6. The Morgan fingerprint density at radius 3 is 2.57 bits per heavy atom. The molecule has 2 fully saturated rings. The predicted octanol–water partition coefficient (Wildman–Crippen LogP) is 5.11. The van der Waals surface area contributed by atoms with E-state index in [-0.39, 0.29) is 42.2 Å². The molecule has 222 valence electrons. The minimum atomic E-state index is -0.739. The highest BCUT2D eigenvalue weighted by Gasteiger charge is 2.45. The number of rotatable bonds is 10. The quantitative estimate of drug-likeness (QED) is 0.271. The maximum absolute atomic E-state index is 14.1. The van der Waals surface area contributed by atoms with Crippen molar-refractivity contribution in [2.24, 2.45) is 5.73 Å². The number of hydrogen-bond acceptors (Lipinski definition) is 6. The fourth-order valence-electron chi connectivity index (χ4n) is 5.91. The van der Waals surface area contributed by atoms with Gasteiger partial charge in [-0.2, -0.15) is 0 Å². The van der Waals surface area contributed by atoms with Crippen molar-refractivity contribution in [3.05, 3.63) is 94.0 Å². The summed E-state index contributed by atoms with van der Waals surface area (Å²) in [6.07, 6.45) is 3.14. The number of phenolic OH excluding ortho intramolecular Hbond substituents is 1. The van der Waals surface area contributed by atoms with E-state index in [1.165, 1.54) is 17.3 Å². The highest BCUT2D eigenvalue weighted by atomic mass is 35.5. The third-order valence-corrected chi connectivity index (χ3v) is 9.99. The van der Waals surface area contributed by atoms with E-state index in [0.717, 1.165) is 24.8 Å². The lowest BCUT2D eigenvalue weighted by atomic mass is 10.0. The summed E-state index contributed by atoms with van der Waals surface area (Å²) in [5, 5.41) is 14.2. The summed E-state index contributed by atoms with van der Waals surface area (Å²) in [5.74, 6) is 0.129. The summed E-state index contributed by atoms with van der Waals surface area (Å²) in [5.41, 5.74) is 8.47. The lowest BCUT2D eigenvalue weighted by molar-refractivity contribution is -0.142. The van der Waals surface area contributed by atoms with Crippen molar-refractivity contribution in [1.82, 2.24) is 15.1 Å². The highest BCUT2D eigenvalue weighted by molar-refractivity contribution is 7.99. The van der Waals surface area contributed by atoms with Crippen molar-refractivity contribution < 1.29 is 14.7 Å². The lowest BCUT2D eigenvalue weighted by Crippen LogP contribution is -2.54. The first-order valence-corrected chi connectivity index (χ1v) is 16.0.